The first-order valence-electron chi connectivity index (χ1n) is 7.19. The Morgan fingerprint density at radius 3 is 2.40 bits per heavy atom. The molecule has 6 heteroatoms. The molecule has 1 fully saturated rings. The van der Waals surface area contributed by atoms with E-state index in [1.165, 1.54) is 0 Å². The number of rotatable bonds is 6. The fraction of sp³-hybridized carbons (Fsp3) is 0.857. The number of aliphatic carboxylic acids is 1. The van der Waals surface area contributed by atoms with Gasteiger partial charge >= 0.3 is 12.0 Å². The first kappa shape index (κ1) is 16.8. The highest BCUT2D eigenvalue weighted by molar-refractivity contribution is 5.76. The van der Waals surface area contributed by atoms with Crippen LogP contribution < -0.4 is 10.6 Å². The van der Waals surface area contributed by atoms with Crippen LogP contribution in [0.1, 0.15) is 40.0 Å². The molecule has 0 saturated carbocycles. The van der Waals surface area contributed by atoms with Crippen molar-refractivity contribution in [3.05, 3.63) is 0 Å². The van der Waals surface area contributed by atoms with E-state index in [0.717, 1.165) is 12.8 Å². The van der Waals surface area contributed by atoms with E-state index < -0.39 is 11.9 Å². The highest BCUT2D eigenvalue weighted by Gasteiger charge is 2.29. The number of nitrogens with one attached hydrogen (secondary N) is 2. The quantitative estimate of drug-likeness (QED) is 0.692. The monoisotopic (exact) mass is 286 g/mol. The van der Waals surface area contributed by atoms with Crippen molar-refractivity contribution in [2.45, 2.75) is 45.6 Å². The van der Waals surface area contributed by atoms with Crippen molar-refractivity contribution >= 4 is 12.0 Å². The fourth-order valence-corrected chi connectivity index (χ4v) is 2.32. The second-order valence-electron chi connectivity index (χ2n) is 6.17. The Hall–Kier alpha value is -1.30. The van der Waals surface area contributed by atoms with E-state index >= 15 is 0 Å². The molecule has 3 N–H and O–H groups in total. The van der Waals surface area contributed by atoms with Crippen LogP contribution in [0.5, 0.6) is 0 Å². The third kappa shape index (κ3) is 5.77. The van der Waals surface area contributed by atoms with Crippen LogP contribution in [-0.2, 0) is 9.53 Å². The van der Waals surface area contributed by atoms with Gasteiger partial charge in [0, 0.05) is 25.3 Å². The Morgan fingerprint density at radius 2 is 1.90 bits per heavy atom. The maximum absolute atomic E-state index is 11.9. The van der Waals surface area contributed by atoms with Gasteiger partial charge in [-0.15, -0.1) is 0 Å². The van der Waals surface area contributed by atoms with Gasteiger partial charge in [-0.2, -0.15) is 0 Å². The molecule has 20 heavy (non-hydrogen) atoms. The number of carbonyl (C=O) groups is 2. The molecule has 0 radical (unpaired) electrons. The van der Waals surface area contributed by atoms with Crippen molar-refractivity contribution in [2.75, 3.05) is 19.8 Å². The molecule has 1 heterocycles. The molecule has 0 aromatic rings. The zero-order chi connectivity index (χ0) is 15.2. The number of hydrogen-bond acceptors (Lipinski definition) is 3. The summed E-state index contributed by atoms with van der Waals surface area (Å²) in [4.78, 5) is 23.0. The van der Waals surface area contributed by atoms with Crippen molar-refractivity contribution in [3.8, 4) is 0 Å². The molecular formula is C14H26N2O4. The van der Waals surface area contributed by atoms with E-state index in [9.17, 15) is 9.59 Å². The molecule has 0 aliphatic carbocycles. The Morgan fingerprint density at radius 1 is 1.30 bits per heavy atom. The minimum Gasteiger partial charge on any atom is -0.481 e. The average Bonchev–Trinajstić information content (AvgIpc) is 2.34. The lowest BCUT2D eigenvalue weighted by molar-refractivity contribution is -0.142. The van der Waals surface area contributed by atoms with Crippen LogP contribution in [0, 0.1) is 11.8 Å². The van der Waals surface area contributed by atoms with Crippen molar-refractivity contribution in [1.29, 1.82) is 0 Å². The Bertz CT molecular complexity index is 338. The minimum absolute atomic E-state index is 0.159. The molecule has 0 aromatic carbocycles. The van der Waals surface area contributed by atoms with Crippen LogP contribution in [0.3, 0.4) is 0 Å². The minimum atomic E-state index is -0.865. The maximum atomic E-state index is 11.9. The zero-order valence-corrected chi connectivity index (χ0v) is 12.6. The predicted molar refractivity (Wildman–Crippen MR) is 75.6 cm³/mol. The number of carboxylic acids is 1. The molecule has 2 amide bonds. The van der Waals surface area contributed by atoms with E-state index in [-0.39, 0.29) is 24.0 Å². The van der Waals surface area contributed by atoms with Gasteiger partial charge in [-0.3, -0.25) is 4.79 Å². The standard InChI is InChI=1S/C14H26N2O4/c1-10(2)8-11(12(17)18)9-15-13(19)16-14(3)4-6-20-7-5-14/h10-11H,4-9H2,1-3H3,(H,17,18)(H2,15,16,19). The topological polar surface area (TPSA) is 87.7 Å². The highest BCUT2D eigenvalue weighted by atomic mass is 16.5. The van der Waals surface area contributed by atoms with Crippen LogP contribution in [0.25, 0.3) is 0 Å². The number of carboxylic acid groups (broad SMARTS) is 1. The second kappa shape index (κ2) is 7.47. The van der Waals surface area contributed by atoms with Gasteiger partial charge in [-0.25, -0.2) is 4.79 Å². The zero-order valence-electron chi connectivity index (χ0n) is 12.6. The normalized spacial score (nSPS) is 19.4. The third-order valence-electron chi connectivity index (χ3n) is 3.63. The third-order valence-corrected chi connectivity index (χ3v) is 3.63. The van der Waals surface area contributed by atoms with Crippen molar-refractivity contribution in [1.82, 2.24) is 10.6 Å². The van der Waals surface area contributed by atoms with Crippen LogP contribution in [0.4, 0.5) is 4.79 Å². The maximum Gasteiger partial charge on any atom is 0.315 e. The van der Waals surface area contributed by atoms with Crippen LogP contribution in [0.2, 0.25) is 0 Å². The summed E-state index contributed by atoms with van der Waals surface area (Å²) in [5, 5.41) is 14.7. The SMILES string of the molecule is CC(C)CC(CNC(=O)NC1(C)CCOCC1)C(=O)O. The van der Waals surface area contributed by atoms with Crippen LogP contribution >= 0.6 is 0 Å². The molecule has 1 aliphatic rings. The largest absolute Gasteiger partial charge is 0.481 e. The molecule has 0 spiro atoms. The molecule has 0 bridgehead atoms. The molecule has 1 aliphatic heterocycles. The summed E-state index contributed by atoms with van der Waals surface area (Å²) in [6, 6.07) is -0.301. The second-order valence-corrected chi connectivity index (χ2v) is 6.17. The van der Waals surface area contributed by atoms with E-state index in [1.54, 1.807) is 0 Å². The summed E-state index contributed by atoms with van der Waals surface area (Å²) in [5.74, 6) is -1.12. The van der Waals surface area contributed by atoms with Crippen molar-refractivity contribution in [2.24, 2.45) is 11.8 Å². The highest BCUT2D eigenvalue weighted by Crippen LogP contribution is 2.19. The van der Waals surface area contributed by atoms with Crippen LogP contribution in [0.15, 0.2) is 0 Å². The number of carbonyl (C=O) groups excluding carboxylic acids is 1. The molecule has 1 unspecified atom stereocenters. The molecule has 1 saturated heterocycles. The van der Waals surface area contributed by atoms with Gasteiger partial charge in [-0.05, 0) is 32.1 Å². The molecule has 116 valence electrons. The van der Waals surface area contributed by atoms with Gasteiger partial charge in [0.05, 0.1) is 5.92 Å². The van der Waals surface area contributed by atoms with E-state index in [1.807, 2.05) is 20.8 Å². The van der Waals surface area contributed by atoms with Crippen molar-refractivity contribution < 1.29 is 19.4 Å². The van der Waals surface area contributed by atoms with Gasteiger partial charge in [0.1, 0.15) is 0 Å². The predicted octanol–water partition coefficient (Wildman–Crippen LogP) is 1.60. The Balaban J connectivity index is 2.39. The number of amides is 2. The molecule has 0 aromatic heterocycles. The molecular weight excluding hydrogens is 260 g/mol. The van der Waals surface area contributed by atoms with Crippen LogP contribution in [-0.4, -0.2) is 42.4 Å². The lowest BCUT2D eigenvalue weighted by Gasteiger charge is -2.34. The summed E-state index contributed by atoms with van der Waals surface area (Å²) in [6.07, 6.45) is 2.10. The van der Waals surface area contributed by atoms with Gasteiger partial charge in [0.15, 0.2) is 0 Å². The summed E-state index contributed by atoms with van der Waals surface area (Å²) >= 11 is 0. The van der Waals surface area contributed by atoms with Gasteiger partial charge in [0.25, 0.3) is 0 Å². The first-order chi connectivity index (χ1) is 9.32. The number of urea groups is 1. The first-order valence-corrected chi connectivity index (χ1v) is 7.19. The van der Waals surface area contributed by atoms with E-state index in [0.29, 0.717) is 19.6 Å². The summed E-state index contributed by atoms with van der Waals surface area (Å²) in [5.41, 5.74) is -0.265. The number of ether oxygens (including phenoxy) is 1. The summed E-state index contributed by atoms with van der Waals surface area (Å²) < 4.78 is 5.27. The molecule has 1 atom stereocenters. The van der Waals surface area contributed by atoms with Gasteiger partial charge in [0.2, 0.25) is 0 Å². The van der Waals surface area contributed by atoms with Gasteiger partial charge in [-0.1, -0.05) is 13.8 Å². The molecule has 6 nitrogen and oxygen atoms in total. The average molecular weight is 286 g/mol. The fourth-order valence-electron chi connectivity index (χ4n) is 2.32. The summed E-state index contributed by atoms with van der Waals surface area (Å²) in [6.45, 7) is 7.37. The Kier molecular flexibility index (Phi) is 6.26. The van der Waals surface area contributed by atoms with Gasteiger partial charge < -0.3 is 20.5 Å². The lowest BCUT2D eigenvalue weighted by Crippen LogP contribution is -2.53. The van der Waals surface area contributed by atoms with E-state index in [4.69, 9.17) is 9.84 Å². The van der Waals surface area contributed by atoms with E-state index in [2.05, 4.69) is 10.6 Å². The lowest BCUT2D eigenvalue weighted by atomic mass is 9.93. The summed E-state index contributed by atoms with van der Waals surface area (Å²) in [7, 11) is 0. The smallest absolute Gasteiger partial charge is 0.315 e. The Labute approximate surface area is 120 Å². The van der Waals surface area contributed by atoms with Crippen molar-refractivity contribution in [3.63, 3.8) is 0 Å². The molecule has 1 rings (SSSR count). The number of hydrogen-bond donors (Lipinski definition) is 3.